The highest BCUT2D eigenvalue weighted by Gasteiger charge is 2.25. The molecule has 0 N–H and O–H groups in total. The van der Waals surface area contributed by atoms with Gasteiger partial charge in [-0.1, -0.05) is 60.7 Å². The maximum atomic E-state index is 13.1. The molecule has 0 fully saturated rings. The van der Waals surface area contributed by atoms with Crippen LogP contribution in [0, 0.1) is 0 Å². The maximum Gasteiger partial charge on any atom is 0.254 e. The number of benzene rings is 2. The number of aromatic nitrogens is 2. The van der Waals surface area contributed by atoms with Gasteiger partial charge >= 0.3 is 0 Å². The molecule has 2 aromatic carbocycles. The van der Waals surface area contributed by atoms with Crippen molar-refractivity contribution in [3.8, 4) is 0 Å². The summed E-state index contributed by atoms with van der Waals surface area (Å²) in [6, 6.07) is 17.9. The summed E-state index contributed by atoms with van der Waals surface area (Å²) >= 11 is 0. The second-order valence-electron chi connectivity index (χ2n) is 7.02. The number of sulfone groups is 1. The molecule has 0 unspecified atom stereocenters. The van der Waals surface area contributed by atoms with E-state index in [-0.39, 0.29) is 29.9 Å². The Balaban J connectivity index is 1.92. The van der Waals surface area contributed by atoms with Gasteiger partial charge in [-0.3, -0.25) is 4.79 Å². The summed E-state index contributed by atoms with van der Waals surface area (Å²) in [5, 5.41) is -0.0306. The van der Waals surface area contributed by atoms with E-state index in [2.05, 4.69) is 18.1 Å². The van der Waals surface area contributed by atoms with Crippen LogP contribution >= 0.6 is 0 Å². The third-order valence-corrected chi connectivity index (χ3v) is 6.30. The molecule has 3 rings (SSSR count). The van der Waals surface area contributed by atoms with E-state index in [1.807, 2.05) is 12.1 Å². The second kappa shape index (κ2) is 10.0. The van der Waals surface area contributed by atoms with Crippen LogP contribution in [-0.4, -0.2) is 35.3 Å². The highest BCUT2D eigenvalue weighted by molar-refractivity contribution is 7.90. The molecule has 0 aliphatic rings. The Hall–Kier alpha value is -3.45. The predicted molar refractivity (Wildman–Crippen MR) is 121 cm³/mol. The van der Waals surface area contributed by atoms with E-state index in [0.29, 0.717) is 23.4 Å². The van der Waals surface area contributed by atoms with Crippen LogP contribution in [0.25, 0.3) is 0 Å². The summed E-state index contributed by atoms with van der Waals surface area (Å²) in [7, 11) is -3.69. The Kier molecular flexibility index (Phi) is 7.20. The molecule has 0 aliphatic heterocycles. The normalized spacial score (nSPS) is 11.1. The number of carbonyl (C=O) groups excluding carboxylic acids is 1. The highest BCUT2D eigenvalue weighted by atomic mass is 32.2. The van der Waals surface area contributed by atoms with E-state index in [9.17, 15) is 13.2 Å². The molecule has 0 bridgehead atoms. The molecular formula is C24H25N3O3S. The SMILES string of the molecule is C=CCN(Cc1cnc(S(=O)(=O)Cc2ccccc2)n1CC=C)C(=O)c1ccccc1. The number of amides is 1. The van der Waals surface area contributed by atoms with Crippen molar-refractivity contribution in [3.05, 3.63) is 109 Å². The first-order chi connectivity index (χ1) is 15.0. The molecule has 0 radical (unpaired) electrons. The lowest BCUT2D eigenvalue weighted by atomic mass is 10.2. The predicted octanol–water partition coefficient (Wildman–Crippen LogP) is 3.87. The molecule has 1 aromatic heterocycles. The van der Waals surface area contributed by atoms with Gasteiger partial charge in [-0.15, -0.1) is 13.2 Å². The standard InChI is InChI=1S/C24H25N3O3S/c1-3-15-26(23(28)21-13-9-6-10-14-21)18-22-17-25-24(27(22)16-4-2)31(29,30)19-20-11-7-5-8-12-20/h3-14,17H,1-2,15-16,18-19H2. The Morgan fingerprint density at radius 3 is 2.26 bits per heavy atom. The Labute approximate surface area is 183 Å². The van der Waals surface area contributed by atoms with E-state index >= 15 is 0 Å². The van der Waals surface area contributed by atoms with E-state index in [1.54, 1.807) is 70.1 Å². The molecule has 0 saturated heterocycles. The average Bonchev–Trinajstić information content (AvgIpc) is 3.17. The van der Waals surface area contributed by atoms with Gasteiger partial charge in [-0.2, -0.15) is 0 Å². The quantitative estimate of drug-likeness (QED) is 0.453. The molecule has 0 atom stereocenters. The first-order valence-corrected chi connectivity index (χ1v) is 11.5. The molecule has 0 spiro atoms. The van der Waals surface area contributed by atoms with Crippen LogP contribution in [0.2, 0.25) is 0 Å². The molecule has 160 valence electrons. The molecule has 6 nitrogen and oxygen atoms in total. The summed E-state index contributed by atoms with van der Waals surface area (Å²) in [5.41, 5.74) is 1.85. The fraction of sp³-hybridized carbons (Fsp3) is 0.167. The molecule has 31 heavy (non-hydrogen) atoms. The van der Waals surface area contributed by atoms with Crippen molar-refractivity contribution in [1.82, 2.24) is 14.5 Å². The summed E-state index contributed by atoms with van der Waals surface area (Å²) < 4.78 is 27.7. The van der Waals surface area contributed by atoms with Crippen molar-refractivity contribution in [2.45, 2.75) is 24.0 Å². The van der Waals surface area contributed by atoms with E-state index < -0.39 is 9.84 Å². The monoisotopic (exact) mass is 435 g/mol. The van der Waals surface area contributed by atoms with Crippen LogP contribution in [0.5, 0.6) is 0 Å². The van der Waals surface area contributed by atoms with Crippen molar-refractivity contribution in [1.29, 1.82) is 0 Å². The number of imidazole rings is 1. The van der Waals surface area contributed by atoms with Crippen molar-refractivity contribution >= 4 is 15.7 Å². The van der Waals surface area contributed by atoms with Gasteiger partial charge in [0.1, 0.15) is 0 Å². The summed E-state index contributed by atoms with van der Waals surface area (Å²) in [4.78, 5) is 18.8. The van der Waals surface area contributed by atoms with Crippen LogP contribution in [0.15, 0.2) is 97.3 Å². The molecule has 7 heteroatoms. The van der Waals surface area contributed by atoms with Crippen LogP contribution in [-0.2, 0) is 28.7 Å². The third kappa shape index (κ3) is 5.38. The molecule has 0 saturated carbocycles. The lowest BCUT2D eigenvalue weighted by Gasteiger charge is -2.22. The number of allylic oxidation sites excluding steroid dienone is 1. The number of nitrogens with zero attached hydrogens (tertiary/aromatic N) is 3. The lowest BCUT2D eigenvalue weighted by molar-refractivity contribution is 0.0759. The van der Waals surface area contributed by atoms with Gasteiger partial charge in [0.25, 0.3) is 5.91 Å². The maximum absolute atomic E-state index is 13.1. The summed E-state index contributed by atoms with van der Waals surface area (Å²) in [6.07, 6.45) is 4.77. The van der Waals surface area contributed by atoms with Gasteiger partial charge in [0.2, 0.25) is 15.0 Å². The van der Waals surface area contributed by atoms with Crippen molar-refractivity contribution in [2.75, 3.05) is 6.54 Å². The minimum absolute atomic E-state index is 0.0306. The topological polar surface area (TPSA) is 72.3 Å². The minimum atomic E-state index is -3.69. The van der Waals surface area contributed by atoms with Crippen LogP contribution in [0.4, 0.5) is 0 Å². The summed E-state index contributed by atoms with van der Waals surface area (Å²) in [6.45, 7) is 8.26. The van der Waals surface area contributed by atoms with E-state index in [0.717, 1.165) is 0 Å². The molecular weight excluding hydrogens is 410 g/mol. The molecule has 0 aliphatic carbocycles. The number of hydrogen-bond donors (Lipinski definition) is 0. The fourth-order valence-corrected chi connectivity index (χ4v) is 4.78. The number of carbonyl (C=O) groups is 1. The van der Waals surface area contributed by atoms with E-state index in [1.165, 1.54) is 6.20 Å². The smallest absolute Gasteiger partial charge is 0.254 e. The molecule has 1 amide bonds. The minimum Gasteiger partial charge on any atom is -0.329 e. The largest absolute Gasteiger partial charge is 0.329 e. The van der Waals surface area contributed by atoms with Gasteiger partial charge in [-0.05, 0) is 17.7 Å². The lowest BCUT2D eigenvalue weighted by Crippen LogP contribution is -2.31. The number of hydrogen-bond acceptors (Lipinski definition) is 4. The molecule has 3 aromatic rings. The second-order valence-corrected chi connectivity index (χ2v) is 8.90. The highest BCUT2D eigenvalue weighted by Crippen LogP contribution is 2.19. The van der Waals surface area contributed by atoms with Crippen LogP contribution in [0.3, 0.4) is 0 Å². The number of rotatable bonds is 10. The first-order valence-electron chi connectivity index (χ1n) is 9.83. The van der Waals surface area contributed by atoms with Crippen molar-refractivity contribution in [2.24, 2.45) is 0 Å². The van der Waals surface area contributed by atoms with Gasteiger partial charge in [-0.25, -0.2) is 13.4 Å². The van der Waals surface area contributed by atoms with Gasteiger partial charge in [0.15, 0.2) is 0 Å². The fourth-order valence-electron chi connectivity index (χ4n) is 3.28. The third-order valence-electron chi connectivity index (χ3n) is 4.70. The summed E-state index contributed by atoms with van der Waals surface area (Å²) in [5.74, 6) is -0.318. The van der Waals surface area contributed by atoms with Gasteiger partial charge in [0.05, 0.1) is 24.2 Å². The zero-order chi connectivity index (χ0) is 22.3. The van der Waals surface area contributed by atoms with Gasteiger partial charge < -0.3 is 9.47 Å². The van der Waals surface area contributed by atoms with Crippen LogP contribution < -0.4 is 0 Å². The Morgan fingerprint density at radius 1 is 1.00 bits per heavy atom. The van der Waals surface area contributed by atoms with Crippen molar-refractivity contribution < 1.29 is 13.2 Å². The Bertz CT molecular complexity index is 1150. The average molecular weight is 436 g/mol. The van der Waals surface area contributed by atoms with E-state index in [4.69, 9.17) is 0 Å². The Morgan fingerprint density at radius 2 is 1.65 bits per heavy atom. The van der Waals surface area contributed by atoms with Crippen molar-refractivity contribution in [3.63, 3.8) is 0 Å². The van der Waals surface area contributed by atoms with Gasteiger partial charge in [0, 0.05) is 18.7 Å². The zero-order valence-corrected chi connectivity index (χ0v) is 18.0. The first kappa shape index (κ1) is 22.2. The van der Waals surface area contributed by atoms with Crippen LogP contribution in [0.1, 0.15) is 21.6 Å². The zero-order valence-electron chi connectivity index (χ0n) is 17.2. The molecule has 1 heterocycles.